The minimum Gasteiger partial charge on any atom is -0.497 e. The van der Waals surface area contributed by atoms with Gasteiger partial charge in [-0.1, -0.05) is 12.7 Å². The number of ether oxygens (including phenoxy) is 3. The van der Waals surface area contributed by atoms with Crippen LogP contribution < -0.4 is 19.6 Å². The van der Waals surface area contributed by atoms with Crippen LogP contribution in [-0.2, 0) is 0 Å². The van der Waals surface area contributed by atoms with Crippen molar-refractivity contribution in [1.29, 1.82) is 0 Å². The topological polar surface area (TPSA) is 57.9 Å². The second-order valence-electron chi connectivity index (χ2n) is 5.69. The first-order chi connectivity index (χ1) is 12.6. The first-order valence-corrected chi connectivity index (χ1v) is 8.12. The monoisotopic (exact) mass is 352 g/mol. The lowest BCUT2D eigenvalue weighted by molar-refractivity contribution is 0.363. The summed E-state index contributed by atoms with van der Waals surface area (Å²) in [6, 6.07) is 10.5. The Morgan fingerprint density at radius 1 is 1.08 bits per heavy atom. The molecule has 3 aromatic rings. The zero-order valence-corrected chi connectivity index (χ0v) is 15.0. The number of methoxy groups -OCH3 is 2. The second-order valence-corrected chi connectivity index (χ2v) is 5.69. The Morgan fingerprint density at radius 3 is 2.54 bits per heavy atom. The van der Waals surface area contributed by atoms with Crippen molar-refractivity contribution in [2.75, 3.05) is 20.8 Å². The van der Waals surface area contributed by atoms with Gasteiger partial charge < -0.3 is 18.6 Å². The summed E-state index contributed by atoms with van der Waals surface area (Å²) in [5, 5.41) is 0.481. The molecule has 0 N–H and O–H groups in total. The largest absolute Gasteiger partial charge is 0.497 e. The number of aryl methyl sites for hydroxylation is 1. The van der Waals surface area contributed by atoms with Crippen LogP contribution in [0.5, 0.6) is 17.2 Å². The second kappa shape index (κ2) is 7.35. The van der Waals surface area contributed by atoms with Crippen molar-refractivity contribution < 1.29 is 18.6 Å². The lowest BCUT2D eigenvalue weighted by atomic mass is 10.0. The molecule has 5 nitrogen and oxygen atoms in total. The number of rotatable bonds is 6. The molecule has 0 saturated heterocycles. The molecule has 0 saturated carbocycles. The Labute approximate surface area is 151 Å². The minimum atomic E-state index is -0.123. The summed E-state index contributed by atoms with van der Waals surface area (Å²) in [6.07, 6.45) is 1.66. The van der Waals surface area contributed by atoms with Crippen LogP contribution in [-0.4, -0.2) is 20.8 Å². The number of hydrogen-bond donors (Lipinski definition) is 0. The number of fused-ring (bicyclic) bond motifs is 1. The van der Waals surface area contributed by atoms with Crippen molar-refractivity contribution in [2.45, 2.75) is 6.92 Å². The lowest BCUT2D eigenvalue weighted by Gasteiger charge is -2.13. The van der Waals surface area contributed by atoms with E-state index in [1.807, 2.05) is 0 Å². The van der Waals surface area contributed by atoms with E-state index in [2.05, 4.69) is 6.58 Å². The van der Waals surface area contributed by atoms with Gasteiger partial charge >= 0.3 is 0 Å². The number of benzene rings is 2. The average Bonchev–Trinajstić information content (AvgIpc) is 2.66. The summed E-state index contributed by atoms with van der Waals surface area (Å²) in [6.45, 7) is 5.77. The summed E-state index contributed by atoms with van der Waals surface area (Å²) in [7, 11) is 3.13. The molecule has 134 valence electrons. The maximum Gasteiger partial charge on any atom is 0.200 e. The molecule has 0 atom stereocenters. The summed E-state index contributed by atoms with van der Waals surface area (Å²) >= 11 is 0. The lowest BCUT2D eigenvalue weighted by Crippen LogP contribution is -2.08. The Balaban J connectivity index is 2.19. The minimum absolute atomic E-state index is 0.123. The molecule has 0 aliphatic carbocycles. The van der Waals surface area contributed by atoms with E-state index in [1.54, 1.807) is 63.6 Å². The van der Waals surface area contributed by atoms with Gasteiger partial charge in [-0.3, -0.25) is 4.79 Å². The molecular formula is C21H20O5. The van der Waals surface area contributed by atoms with Crippen LogP contribution in [0.15, 0.2) is 58.3 Å². The van der Waals surface area contributed by atoms with Crippen molar-refractivity contribution in [2.24, 2.45) is 0 Å². The van der Waals surface area contributed by atoms with Gasteiger partial charge in [-0.25, -0.2) is 0 Å². The van der Waals surface area contributed by atoms with Crippen molar-refractivity contribution in [3.05, 3.63) is 65.0 Å². The molecule has 3 rings (SSSR count). The molecule has 0 spiro atoms. The van der Waals surface area contributed by atoms with Gasteiger partial charge in [0.05, 0.1) is 25.2 Å². The normalized spacial score (nSPS) is 10.6. The summed E-state index contributed by atoms with van der Waals surface area (Å²) < 4.78 is 22.1. The van der Waals surface area contributed by atoms with Gasteiger partial charge in [-0.15, -0.1) is 0 Å². The van der Waals surface area contributed by atoms with Gasteiger partial charge in [0.2, 0.25) is 5.43 Å². The van der Waals surface area contributed by atoms with Gasteiger partial charge in [0.15, 0.2) is 0 Å². The zero-order valence-electron chi connectivity index (χ0n) is 15.0. The van der Waals surface area contributed by atoms with Gasteiger partial charge in [0, 0.05) is 17.7 Å². The molecule has 2 aromatic carbocycles. The quantitative estimate of drug-likeness (QED) is 0.617. The van der Waals surface area contributed by atoms with Gasteiger partial charge in [0.25, 0.3) is 0 Å². The van der Waals surface area contributed by atoms with E-state index in [-0.39, 0.29) is 5.43 Å². The maximum atomic E-state index is 13.1. The maximum absolute atomic E-state index is 13.1. The van der Waals surface area contributed by atoms with Crippen LogP contribution >= 0.6 is 0 Å². The van der Waals surface area contributed by atoms with E-state index in [0.29, 0.717) is 51.7 Å². The van der Waals surface area contributed by atoms with Crippen molar-refractivity contribution in [3.63, 3.8) is 0 Å². The fraction of sp³-hybridized carbons (Fsp3) is 0.190. The first-order valence-electron chi connectivity index (χ1n) is 8.12. The van der Waals surface area contributed by atoms with Crippen molar-refractivity contribution in [3.8, 4) is 28.4 Å². The van der Waals surface area contributed by atoms with Crippen molar-refractivity contribution >= 4 is 11.0 Å². The molecule has 0 bridgehead atoms. The Hall–Kier alpha value is -3.21. The highest BCUT2D eigenvalue weighted by Gasteiger charge is 2.18. The molecular weight excluding hydrogens is 332 g/mol. The summed E-state index contributed by atoms with van der Waals surface area (Å²) in [4.78, 5) is 13.1. The SMILES string of the molecule is C=CCOc1ccc2c(=O)c(-c3ccc(OC)cc3OC)c(C)oc2c1. The third-order valence-corrected chi connectivity index (χ3v) is 4.09. The predicted molar refractivity (Wildman–Crippen MR) is 101 cm³/mol. The molecule has 0 radical (unpaired) electrons. The van der Waals surface area contributed by atoms with Crippen LogP contribution in [0.3, 0.4) is 0 Å². The third-order valence-electron chi connectivity index (χ3n) is 4.09. The Morgan fingerprint density at radius 2 is 1.85 bits per heavy atom. The zero-order chi connectivity index (χ0) is 18.7. The fourth-order valence-electron chi connectivity index (χ4n) is 2.85. The average molecular weight is 352 g/mol. The smallest absolute Gasteiger partial charge is 0.200 e. The van der Waals surface area contributed by atoms with Gasteiger partial charge in [-0.2, -0.15) is 0 Å². The highest BCUT2D eigenvalue weighted by molar-refractivity contribution is 5.85. The van der Waals surface area contributed by atoms with E-state index in [1.165, 1.54) is 0 Å². The highest BCUT2D eigenvalue weighted by Crippen LogP contribution is 2.34. The van der Waals surface area contributed by atoms with Gasteiger partial charge in [0.1, 0.15) is 35.2 Å². The molecule has 0 fully saturated rings. The molecule has 5 heteroatoms. The van der Waals surface area contributed by atoms with E-state index >= 15 is 0 Å². The molecule has 0 amide bonds. The molecule has 1 aromatic heterocycles. The van der Waals surface area contributed by atoms with Crippen molar-refractivity contribution in [1.82, 2.24) is 0 Å². The molecule has 0 unspecified atom stereocenters. The van der Waals surface area contributed by atoms with Crippen LogP contribution in [0.2, 0.25) is 0 Å². The van der Waals surface area contributed by atoms with Crippen LogP contribution in [0.4, 0.5) is 0 Å². The van der Waals surface area contributed by atoms with Crippen LogP contribution in [0.1, 0.15) is 5.76 Å². The molecule has 0 aliphatic rings. The fourth-order valence-corrected chi connectivity index (χ4v) is 2.85. The summed E-state index contributed by atoms with van der Waals surface area (Å²) in [5.74, 6) is 2.32. The highest BCUT2D eigenvalue weighted by atomic mass is 16.5. The first kappa shape index (κ1) is 17.6. The Bertz CT molecular complexity index is 1020. The molecule has 26 heavy (non-hydrogen) atoms. The Kier molecular flexibility index (Phi) is 4.98. The predicted octanol–water partition coefficient (Wildman–Crippen LogP) is 4.35. The standard InChI is InChI=1S/C21H20O5/c1-5-10-25-15-7-9-17-19(12-15)26-13(2)20(21(17)22)16-8-6-14(23-3)11-18(16)24-4/h5-9,11-12H,1,10H2,2-4H3. The van der Waals surface area contributed by atoms with E-state index in [4.69, 9.17) is 18.6 Å². The molecule has 1 heterocycles. The van der Waals surface area contributed by atoms with E-state index < -0.39 is 0 Å². The van der Waals surface area contributed by atoms with Gasteiger partial charge in [-0.05, 0) is 31.2 Å². The third kappa shape index (κ3) is 3.16. The molecule has 0 aliphatic heterocycles. The van der Waals surface area contributed by atoms with E-state index in [0.717, 1.165) is 0 Å². The van der Waals surface area contributed by atoms with Crippen LogP contribution in [0.25, 0.3) is 22.1 Å². The van der Waals surface area contributed by atoms with Crippen LogP contribution in [0, 0.1) is 6.92 Å². The summed E-state index contributed by atoms with van der Waals surface area (Å²) in [5.41, 5.74) is 1.48. The van der Waals surface area contributed by atoms with E-state index in [9.17, 15) is 4.79 Å². The number of hydrogen-bond acceptors (Lipinski definition) is 5.